The summed E-state index contributed by atoms with van der Waals surface area (Å²) in [5.41, 5.74) is 4.07. The van der Waals surface area contributed by atoms with Crippen LogP contribution in [0.1, 0.15) is 50.7 Å². The zero-order chi connectivity index (χ0) is 20.2. The van der Waals surface area contributed by atoms with Gasteiger partial charge in [0.05, 0.1) is 0 Å². The van der Waals surface area contributed by atoms with Crippen molar-refractivity contribution in [3.8, 4) is 0 Å². The molecule has 0 unspecified atom stereocenters. The van der Waals surface area contributed by atoms with E-state index >= 15 is 0 Å². The van der Waals surface area contributed by atoms with Crippen molar-refractivity contribution in [2.24, 2.45) is 0 Å². The van der Waals surface area contributed by atoms with E-state index in [1.807, 2.05) is 0 Å². The van der Waals surface area contributed by atoms with Gasteiger partial charge in [-0.05, 0) is 31.0 Å². The second kappa shape index (κ2) is 14.2. The number of thiocarbonyl (C=S) groups is 1. The van der Waals surface area contributed by atoms with E-state index in [0.29, 0.717) is 4.32 Å². The Morgan fingerprint density at radius 3 is 2.11 bits per heavy atom. The molecule has 2 nitrogen and oxygen atoms in total. The van der Waals surface area contributed by atoms with Gasteiger partial charge in [0.1, 0.15) is 0 Å². The second-order valence-electron chi connectivity index (χ2n) is 7.18. The summed E-state index contributed by atoms with van der Waals surface area (Å²) in [4.78, 5) is 4.53. The summed E-state index contributed by atoms with van der Waals surface area (Å²) in [5.74, 6) is 0. The standard InChI is InChI=1S/C13H18N2S2.2C4H9.ClH.Sn/c1-10-4-3-5-12(11(10)2)14-6-8-15(9-7-14)13(16)17;2*1-3-4-2;;/h3-5H,6-9H2,1-2H3,(H,16,17);2*1,3-4H2,2H3;1H;/q;;;;+2/p-2. The molecule has 2 rings (SSSR count). The molecule has 0 radical (unpaired) electrons. The maximum atomic E-state index is 6.24. The van der Waals surface area contributed by atoms with Gasteiger partial charge in [-0.25, -0.2) is 0 Å². The quantitative estimate of drug-likeness (QED) is 0.238. The summed E-state index contributed by atoms with van der Waals surface area (Å²) < 4.78 is 3.41. The van der Waals surface area contributed by atoms with Crippen LogP contribution in [-0.4, -0.2) is 54.0 Å². The van der Waals surface area contributed by atoms with Gasteiger partial charge in [0.2, 0.25) is 0 Å². The fourth-order valence-corrected chi connectivity index (χ4v) is 10.1. The SMILES string of the molecule is CCC[CH2][Sn+]([Cl])[CH2]CCC.Cc1cccc(N2CCN(C(=S)[S-])CC2)c1C. The number of rotatable bonds is 7. The number of unbranched alkanes of at least 4 members (excludes halogenated alkanes) is 2. The van der Waals surface area contributed by atoms with E-state index in [4.69, 9.17) is 33.8 Å². The van der Waals surface area contributed by atoms with Crippen LogP contribution in [0.3, 0.4) is 0 Å². The van der Waals surface area contributed by atoms with E-state index in [1.54, 1.807) is 0 Å². The first-order valence-electron chi connectivity index (χ1n) is 10.2. The number of nitrogens with zero attached hydrogens (tertiary/aromatic N) is 2. The van der Waals surface area contributed by atoms with Crippen molar-refractivity contribution in [3.05, 3.63) is 29.3 Å². The molecule has 1 aromatic rings. The smallest absolute Gasteiger partial charge is 0.0399 e. The fraction of sp³-hybridized carbons (Fsp3) is 0.667. The third-order valence-electron chi connectivity index (χ3n) is 5.06. The molecule has 0 N–H and O–H groups in total. The molecule has 0 bridgehead atoms. The van der Waals surface area contributed by atoms with Crippen molar-refractivity contribution >= 4 is 62.4 Å². The number of aryl methyl sites for hydroxylation is 1. The van der Waals surface area contributed by atoms with Crippen LogP contribution in [0.4, 0.5) is 5.69 Å². The van der Waals surface area contributed by atoms with E-state index in [0.717, 1.165) is 26.2 Å². The Morgan fingerprint density at radius 2 is 1.63 bits per heavy atom. The van der Waals surface area contributed by atoms with E-state index < -0.39 is 18.6 Å². The Bertz CT molecular complexity index is 555. The fourth-order valence-electron chi connectivity index (χ4n) is 3.07. The van der Waals surface area contributed by atoms with Crippen molar-refractivity contribution in [1.29, 1.82) is 0 Å². The average molecular weight is 534 g/mol. The average Bonchev–Trinajstić information content (AvgIpc) is 2.67. The Balaban J connectivity index is 0.000000314. The number of anilines is 1. The van der Waals surface area contributed by atoms with Gasteiger partial charge >= 0.3 is 76.0 Å². The molecule has 1 saturated heterocycles. The molecule has 0 aromatic heterocycles. The van der Waals surface area contributed by atoms with E-state index in [9.17, 15) is 0 Å². The number of piperazine rings is 1. The van der Waals surface area contributed by atoms with Gasteiger partial charge in [0.25, 0.3) is 0 Å². The van der Waals surface area contributed by atoms with Gasteiger partial charge in [-0.15, -0.1) is 0 Å². The Kier molecular flexibility index (Phi) is 13.3. The molecule has 152 valence electrons. The van der Waals surface area contributed by atoms with Crippen LogP contribution in [0.15, 0.2) is 18.2 Å². The summed E-state index contributed by atoms with van der Waals surface area (Å²) >= 11 is 8.81. The van der Waals surface area contributed by atoms with Crippen LogP contribution in [0.5, 0.6) is 0 Å². The van der Waals surface area contributed by atoms with Crippen LogP contribution in [0, 0.1) is 13.8 Å². The summed E-state index contributed by atoms with van der Waals surface area (Å²) in [7, 11) is 6.24. The summed E-state index contributed by atoms with van der Waals surface area (Å²) in [6.45, 7) is 12.7. The van der Waals surface area contributed by atoms with Gasteiger partial charge in [-0.2, -0.15) is 0 Å². The first-order chi connectivity index (χ1) is 12.9. The molecule has 0 aliphatic carbocycles. The molecule has 6 heteroatoms. The van der Waals surface area contributed by atoms with Crippen molar-refractivity contribution in [2.75, 3.05) is 31.1 Å². The second-order valence-corrected chi connectivity index (χ2v) is 17.6. The summed E-state index contributed by atoms with van der Waals surface area (Å²) in [5, 5.41) is 0. The summed E-state index contributed by atoms with van der Waals surface area (Å²) in [6.07, 6.45) is 5.40. The zero-order valence-electron chi connectivity index (χ0n) is 17.4. The molecule has 0 saturated carbocycles. The third-order valence-corrected chi connectivity index (χ3v) is 13.2. The number of hydrogen-bond donors (Lipinski definition) is 0. The zero-order valence-corrected chi connectivity index (χ0v) is 22.6. The Labute approximate surface area is 188 Å². The molecular formula is C21H35ClN2S2Sn. The predicted octanol–water partition coefficient (Wildman–Crippen LogP) is 6.07. The van der Waals surface area contributed by atoms with E-state index in [-0.39, 0.29) is 0 Å². The molecule has 1 fully saturated rings. The number of hydrogen-bond acceptors (Lipinski definition) is 3. The molecular weight excluding hydrogens is 499 g/mol. The minimum Gasteiger partial charge on any atom is -0.411 e. The number of benzene rings is 1. The third kappa shape index (κ3) is 9.51. The Morgan fingerprint density at radius 1 is 1.07 bits per heavy atom. The van der Waals surface area contributed by atoms with Gasteiger partial charge < -0.3 is 34.6 Å². The summed E-state index contributed by atoms with van der Waals surface area (Å²) in [6, 6.07) is 6.49. The maximum Gasteiger partial charge on any atom is 0.0399 e. The van der Waals surface area contributed by atoms with E-state index in [2.05, 4.69) is 55.7 Å². The van der Waals surface area contributed by atoms with Gasteiger partial charge in [-0.1, -0.05) is 16.5 Å². The van der Waals surface area contributed by atoms with Crippen LogP contribution < -0.4 is 4.90 Å². The van der Waals surface area contributed by atoms with Crippen molar-refractivity contribution in [3.63, 3.8) is 0 Å². The Hall–Kier alpha value is 0.219. The largest absolute Gasteiger partial charge is 0.411 e. The molecule has 1 heterocycles. The molecule has 27 heavy (non-hydrogen) atoms. The predicted molar refractivity (Wildman–Crippen MR) is 131 cm³/mol. The molecule has 0 atom stereocenters. The van der Waals surface area contributed by atoms with Gasteiger partial charge in [0, 0.05) is 31.9 Å². The minimum atomic E-state index is -1.27. The van der Waals surface area contributed by atoms with Crippen LogP contribution in [0.25, 0.3) is 0 Å². The molecule has 1 aliphatic heterocycles. The topological polar surface area (TPSA) is 6.48 Å². The van der Waals surface area contributed by atoms with Gasteiger partial charge in [-0.3, -0.25) is 0 Å². The van der Waals surface area contributed by atoms with Gasteiger partial charge in [0.15, 0.2) is 0 Å². The van der Waals surface area contributed by atoms with E-state index in [1.165, 1.54) is 51.4 Å². The first kappa shape index (κ1) is 25.3. The van der Waals surface area contributed by atoms with Crippen molar-refractivity contribution in [2.45, 2.75) is 62.3 Å². The van der Waals surface area contributed by atoms with Crippen LogP contribution in [0.2, 0.25) is 8.87 Å². The molecule has 0 spiro atoms. The normalized spacial score (nSPS) is 13.8. The van der Waals surface area contributed by atoms with Crippen LogP contribution >= 0.6 is 21.1 Å². The van der Waals surface area contributed by atoms with Crippen molar-refractivity contribution in [1.82, 2.24) is 4.90 Å². The van der Waals surface area contributed by atoms with Crippen molar-refractivity contribution < 1.29 is 0 Å². The molecule has 1 aromatic carbocycles. The monoisotopic (exact) mass is 534 g/mol. The maximum absolute atomic E-state index is 6.24. The number of halogens is 1. The first-order valence-corrected chi connectivity index (χ1v) is 18.6. The minimum absolute atomic E-state index is 0.602. The molecule has 0 amide bonds. The van der Waals surface area contributed by atoms with Crippen LogP contribution in [-0.2, 0) is 12.6 Å². The molecule has 1 aliphatic rings.